The van der Waals surface area contributed by atoms with Crippen LogP contribution in [0.3, 0.4) is 0 Å². The number of halogens is 1. The van der Waals surface area contributed by atoms with Crippen molar-refractivity contribution in [1.82, 2.24) is 10.2 Å². The Hall–Kier alpha value is -4.11. The van der Waals surface area contributed by atoms with E-state index in [-0.39, 0.29) is 42.3 Å². The zero-order valence-corrected chi connectivity index (χ0v) is 23.0. The van der Waals surface area contributed by atoms with Gasteiger partial charge in [-0.2, -0.15) is 0 Å². The predicted octanol–water partition coefficient (Wildman–Crippen LogP) is 5.33. The van der Waals surface area contributed by atoms with Crippen LogP contribution in [0, 0.1) is 10.1 Å². The largest absolute Gasteiger partial charge is 0.490 e. The molecule has 40 heavy (non-hydrogen) atoms. The number of rotatable bonds is 12. The van der Waals surface area contributed by atoms with Crippen LogP contribution >= 0.6 is 11.6 Å². The number of nitrogens with zero attached hydrogens (tertiary/aromatic N) is 2. The molecule has 0 saturated heterocycles. The van der Waals surface area contributed by atoms with Crippen molar-refractivity contribution < 1.29 is 24.0 Å². The highest BCUT2D eigenvalue weighted by Gasteiger charge is 2.32. The summed E-state index contributed by atoms with van der Waals surface area (Å²) in [6, 6.07) is 20.0. The van der Waals surface area contributed by atoms with Gasteiger partial charge in [-0.15, -0.1) is 0 Å². The van der Waals surface area contributed by atoms with Gasteiger partial charge in [0.1, 0.15) is 11.8 Å². The molecule has 0 aromatic heterocycles. The van der Waals surface area contributed by atoms with Crippen LogP contribution < -0.4 is 14.8 Å². The SMILES string of the molecule is COc1cc(OCC(=O)N(Cc2cccc(Cl)c2)[C@H](Cc2ccccc2)C(=O)NC2CCCC2)ccc1[N+](=O)[O-]. The van der Waals surface area contributed by atoms with Crippen LogP contribution in [0.4, 0.5) is 5.69 Å². The molecule has 0 spiro atoms. The summed E-state index contributed by atoms with van der Waals surface area (Å²) in [5, 5.41) is 14.9. The highest BCUT2D eigenvalue weighted by Crippen LogP contribution is 2.31. The summed E-state index contributed by atoms with van der Waals surface area (Å²) in [4.78, 5) is 39.7. The van der Waals surface area contributed by atoms with Crippen LogP contribution in [0.25, 0.3) is 0 Å². The number of ether oxygens (including phenoxy) is 2. The first kappa shape index (κ1) is 28.9. The number of carbonyl (C=O) groups is 2. The molecule has 9 nitrogen and oxygen atoms in total. The molecule has 10 heteroatoms. The van der Waals surface area contributed by atoms with Gasteiger partial charge in [0.05, 0.1) is 12.0 Å². The fourth-order valence-corrected chi connectivity index (χ4v) is 5.09. The molecule has 1 N–H and O–H groups in total. The Labute approximate surface area is 238 Å². The number of carbonyl (C=O) groups excluding carboxylic acids is 2. The topological polar surface area (TPSA) is 111 Å². The van der Waals surface area contributed by atoms with E-state index in [1.807, 2.05) is 36.4 Å². The molecule has 3 aromatic rings. The molecule has 4 rings (SSSR count). The van der Waals surface area contributed by atoms with E-state index in [1.165, 1.54) is 30.2 Å². The van der Waals surface area contributed by atoms with Gasteiger partial charge in [-0.25, -0.2) is 0 Å². The number of hydrogen-bond acceptors (Lipinski definition) is 6. The summed E-state index contributed by atoms with van der Waals surface area (Å²) in [5.41, 5.74) is 1.47. The van der Waals surface area contributed by atoms with Gasteiger partial charge in [-0.05, 0) is 42.2 Å². The van der Waals surface area contributed by atoms with E-state index in [9.17, 15) is 19.7 Å². The Morgan fingerprint density at radius 2 is 1.77 bits per heavy atom. The summed E-state index contributed by atoms with van der Waals surface area (Å²) >= 11 is 6.23. The van der Waals surface area contributed by atoms with E-state index in [0.717, 1.165) is 36.8 Å². The van der Waals surface area contributed by atoms with Crippen molar-refractivity contribution in [1.29, 1.82) is 0 Å². The fraction of sp³-hybridized carbons (Fsp3) is 0.333. The molecule has 0 bridgehead atoms. The lowest BCUT2D eigenvalue weighted by molar-refractivity contribution is -0.385. The second-order valence-electron chi connectivity index (χ2n) is 9.73. The van der Waals surface area contributed by atoms with Crippen LogP contribution in [0.2, 0.25) is 5.02 Å². The van der Waals surface area contributed by atoms with E-state index in [2.05, 4.69) is 5.32 Å². The lowest BCUT2D eigenvalue weighted by Crippen LogP contribution is -2.53. The van der Waals surface area contributed by atoms with E-state index >= 15 is 0 Å². The molecule has 1 saturated carbocycles. The third kappa shape index (κ3) is 7.72. The molecule has 0 unspecified atom stereocenters. The average Bonchev–Trinajstić information content (AvgIpc) is 3.47. The normalized spacial score (nSPS) is 13.8. The van der Waals surface area contributed by atoms with Crippen molar-refractivity contribution in [3.63, 3.8) is 0 Å². The monoisotopic (exact) mass is 565 g/mol. The molecule has 3 aromatic carbocycles. The Balaban J connectivity index is 1.61. The summed E-state index contributed by atoms with van der Waals surface area (Å²) in [7, 11) is 1.32. The lowest BCUT2D eigenvalue weighted by atomic mass is 10.0. The molecule has 1 fully saturated rings. The zero-order valence-electron chi connectivity index (χ0n) is 22.3. The van der Waals surface area contributed by atoms with Crippen molar-refractivity contribution in [3.8, 4) is 11.5 Å². The van der Waals surface area contributed by atoms with E-state index in [1.54, 1.807) is 18.2 Å². The molecular weight excluding hydrogens is 534 g/mol. The first-order chi connectivity index (χ1) is 19.3. The number of nitrogens with one attached hydrogen (secondary N) is 1. The minimum absolute atomic E-state index is 0.0172. The average molecular weight is 566 g/mol. The molecule has 1 aliphatic carbocycles. The van der Waals surface area contributed by atoms with Crippen molar-refractivity contribution in [2.45, 2.75) is 50.7 Å². The second kappa shape index (κ2) is 13.8. The second-order valence-corrected chi connectivity index (χ2v) is 10.2. The molecule has 0 heterocycles. The van der Waals surface area contributed by atoms with Crippen LogP contribution in [-0.4, -0.2) is 47.4 Å². The molecule has 210 valence electrons. The maximum absolute atomic E-state index is 13.8. The molecule has 0 aliphatic heterocycles. The quantitative estimate of drug-likeness (QED) is 0.234. The third-order valence-corrected chi connectivity index (χ3v) is 7.16. The van der Waals surface area contributed by atoms with Crippen LogP contribution in [0.15, 0.2) is 72.8 Å². The fourth-order valence-electron chi connectivity index (χ4n) is 4.88. The van der Waals surface area contributed by atoms with Gasteiger partial charge in [-0.1, -0.05) is 66.9 Å². The van der Waals surface area contributed by atoms with E-state index in [0.29, 0.717) is 11.4 Å². The number of methoxy groups -OCH3 is 1. The Bertz CT molecular complexity index is 1330. The van der Waals surface area contributed by atoms with Crippen molar-refractivity contribution in [3.05, 3.63) is 99.1 Å². The summed E-state index contributed by atoms with van der Waals surface area (Å²) in [5.74, 6) is -0.389. The van der Waals surface area contributed by atoms with Crippen LogP contribution in [0.1, 0.15) is 36.8 Å². The van der Waals surface area contributed by atoms with Crippen molar-refractivity contribution >= 4 is 29.1 Å². The summed E-state index contributed by atoms with van der Waals surface area (Å²) in [6.45, 7) is -0.245. The van der Waals surface area contributed by atoms with Crippen molar-refractivity contribution in [2.75, 3.05) is 13.7 Å². The molecule has 2 amide bonds. The minimum Gasteiger partial charge on any atom is -0.490 e. The van der Waals surface area contributed by atoms with Gasteiger partial charge < -0.3 is 19.7 Å². The predicted molar refractivity (Wildman–Crippen MR) is 151 cm³/mol. The smallest absolute Gasteiger partial charge is 0.311 e. The van der Waals surface area contributed by atoms with E-state index < -0.39 is 16.9 Å². The molecular formula is C30H32ClN3O6. The summed E-state index contributed by atoms with van der Waals surface area (Å²) in [6.07, 6.45) is 4.27. The molecule has 1 atom stereocenters. The first-order valence-corrected chi connectivity index (χ1v) is 13.5. The maximum atomic E-state index is 13.8. The number of amides is 2. The zero-order chi connectivity index (χ0) is 28.5. The van der Waals surface area contributed by atoms with E-state index in [4.69, 9.17) is 21.1 Å². The number of hydrogen-bond donors (Lipinski definition) is 1. The number of benzene rings is 3. The summed E-state index contributed by atoms with van der Waals surface area (Å²) < 4.78 is 10.9. The Morgan fingerprint density at radius 1 is 1.05 bits per heavy atom. The van der Waals surface area contributed by atoms with Gasteiger partial charge in [0.15, 0.2) is 6.61 Å². The number of nitro benzene ring substituents is 1. The Morgan fingerprint density at radius 3 is 2.45 bits per heavy atom. The minimum atomic E-state index is -0.801. The highest BCUT2D eigenvalue weighted by molar-refractivity contribution is 6.30. The Kier molecular flexibility index (Phi) is 9.96. The standard InChI is InChI=1S/C30H32ClN3O6/c1-39-28-18-25(14-15-26(28)34(37)38)40-20-29(35)33(19-22-10-7-11-23(31)16-22)27(17-21-8-3-2-4-9-21)30(36)32-24-12-5-6-13-24/h2-4,7-11,14-16,18,24,27H,5-6,12-13,17,19-20H2,1H3,(H,32,36)/t27-/m1/s1. The third-order valence-electron chi connectivity index (χ3n) is 6.92. The van der Waals surface area contributed by atoms with Crippen LogP contribution in [-0.2, 0) is 22.6 Å². The lowest BCUT2D eigenvalue weighted by Gasteiger charge is -2.32. The van der Waals surface area contributed by atoms with Gasteiger partial charge in [0.25, 0.3) is 5.91 Å². The molecule has 0 radical (unpaired) electrons. The van der Waals surface area contributed by atoms with Gasteiger partial charge in [0.2, 0.25) is 11.7 Å². The van der Waals surface area contributed by atoms with Crippen LogP contribution in [0.5, 0.6) is 11.5 Å². The van der Waals surface area contributed by atoms with Gasteiger partial charge in [-0.3, -0.25) is 19.7 Å². The first-order valence-electron chi connectivity index (χ1n) is 13.2. The van der Waals surface area contributed by atoms with Gasteiger partial charge in [0, 0.05) is 36.2 Å². The maximum Gasteiger partial charge on any atom is 0.311 e. The highest BCUT2D eigenvalue weighted by atomic mass is 35.5. The van der Waals surface area contributed by atoms with Crippen molar-refractivity contribution in [2.24, 2.45) is 0 Å². The van der Waals surface area contributed by atoms with Gasteiger partial charge >= 0.3 is 5.69 Å². The molecule has 1 aliphatic rings. The number of nitro groups is 1.